The number of carbonyl (C=O) groups is 1. The first-order valence-electron chi connectivity index (χ1n) is 6.30. The number of hydrogen-bond donors (Lipinski definition) is 1. The van der Waals surface area contributed by atoms with Crippen molar-refractivity contribution < 1.29 is 4.79 Å². The molecule has 0 atom stereocenters. The van der Waals surface area contributed by atoms with E-state index in [1.165, 1.54) is 0 Å². The van der Waals surface area contributed by atoms with E-state index in [0.29, 0.717) is 18.0 Å². The summed E-state index contributed by atoms with van der Waals surface area (Å²) >= 11 is 0. The lowest BCUT2D eigenvalue weighted by Crippen LogP contribution is -2.23. The van der Waals surface area contributed by atoms with Gasteiger partial charge in [-0.3, -0.25) is 4.79 Å². The Bertz CT molecular complexity index is 430. The zero-order valence-corrected chi connectivity index (χ0v) is 11.3. The summed E-state index contributed by atoms with van der Waals surface area (Å²) in [4.78, 5) is 11.9. The molecule has 0 aliphatic rings. The molecule has 0 spiro atoms. The second kappa shape index (κ2) is 7.49. The number of nitrogens with one attached hydrogen (secondary N) is 1. The van der Waals surface area contributed by atoms with Gasteiger partial charge in [-0.1, -0.05) is 62.4 Å². The zero-order chi connectivity index (χ0) is 13.4. The third-order valence-corrected chi connectivity index (χ3v) is 2.53. The minimum atomic E-state index is -0.0294. The van der Waals surface area contributed by atoms with E-state index in [0.717, 1.165) is 5.56 Å². The molecule has 2 heteroatoms. The molecule has 0 aliphatic heterocycles. The molecule has 0 saturated carbocycles. The van der Waals surface area contributed by atoms with Crippen molar-refractivity contribution in [3.8, 4) is 0 Å². The van der Waals surface area contributed by atoms with Gasteiger partial charge in [-0.2, -0.15) is 0 Å². The number of benzene rings is 1. The van der Waals surface area contributed by atoms with E-state index >= 15 is 0 Å². The van der Waals surface area contributed by atoms with Gasteiger partial charge < -0.3 is 5.32 Å². The highest BCUT2D eigenvalue weighted by Gasteiger charge is 2.04. The van der Waals surface area contributed by atoms with E-state index in [1.807, 2.05) is 55.5 Å². The van der Waals surface area contributed by atoms with Gasteiger partial charge in [0.25, 0.3) is 5.91 Å². The number of rotatable bonds is 5. The average molecular weight is 243 g/mol. The third kappa shape index (κ3) is 5.00. The first-order chi connectivity index (χ1) is 8.63. The Hall–Kier alpha value is -1.83. The lowest BCUT2D eigenvalue weighted by Gasteiger charge is -2.06. The molecule has 0 heterocycles. The van der Waals surface area contributed by atoms with Crippen LogP contribution >= 0.6 is 0 Å². The number of carbonyl (C=O) groups excluding carboxylic acids is 1. The Kier molecular flexibility index (Phi) is 5.92. The molecule has 96 valence electrons. The SMILES string of the molecule is C/C=C(\C=C/C(C)C)C(=O)NCc1ccccc1. The van der Waals surface area contributed by atoms with Gasteiger partial charge in [0.2, 0.25) is 0 Å². The van der Waals surface area contributed by atoms with E-state index in [-0.39, 0.29) is 5.91 Å². The molecule has 1 amide bonds. The van der Waals surface area contributed by atoms with Crippen molar-refractivity contribution in [1.82, 2.24) is 5.32 Å². The smallest absolute Gasteiger partial charge is 0.251 e. The second-order valence-electron chi connectivity index (χ2n) is 4.52. The van der Waals surface area contributed by atoms with Gasteiger partial charge in [0.05, 0.1) is 0 Å². The van der Waals surface area contributed by atoms with Gasteiger partial charge in [-0.15, -0.1) is 0 Å². The molecular formula is C16H21NO. The zero-order valence-electron chi connectivity index (χ0n) is 11.3. The predicted molar refractivity (Wildman–Crippen MR) is 76.0 cm³/mol. The van der Waals surface area contributed by atoms with Gasteiger partial charge in [0, 0.05) is 12.1 Å². The van der Waals surface area contributed by atoms with Crippen molar-refractivity contribution in [3.05, 3.63) is 59.7 Å². The molecule has 0 fully saturated rings. The Balaban J connectivity index is 2.54. The van der Waals surface area contributed by atoms with Crippen LogP contribution < -0.4 is 5.32 Å². The van der Waals surface area contributed by atoms with Crippen LogP contribution in [-0.4, -0.2) is 5.91 Å². The average Bonchev–Trinajstić information content (AvgIpc) is 2.38. The Morgan fingerprint density at radius 3 is 2.50 bits per heavy atom. The third-order valence-electron chi connectivity index (χ3n) is 2.53. The summed E-state index contributed by atoms with van der Waals surface area (Å²) in [5, 5.41) is 2.92. The molecule has 0 aliphatic carbocycles. The van der Waals surface area contributed by atoms with Crippen LogP contribution in [0.4, 0.5) is 0 Å². The van der Waals surface area contributed by atoms with Crippen LogP contribution in [0.3, 0.4) is 0 Å². The normalized spacial score (nSPS) is 12.1. The Morgan fingerprint density at radius 1 is 1.28 bits per heavy atom. The summed E-state index contributed by atoms with van der Waals surface area (Å²) < 4.78 is 0. The van der Waals surface area contributed by atoms with Gasteiger partial charge in [-0.05, 0) is 18.4 Å². The number of amides is 1. The van der Waals surface area contributed by atoms with E-state index in [1.54, 1.807) is 0 Å². The van der Waals surface area contributed by atoms with Crippen LogP contribution in [0.1, 0.15) is 26.3 Å². The second-order valence-corrected chi connectivity index (χ2v) is 4.52. The highest BCUT2D eigenvalue weighted by Crippen LogP contribution is 2.03. The molecule has 2 nitrogen and oxygen atoms in total. The molecular weight excluding hydrogens is 222 g/mol. The summed E-state index contributed by atoms with van der Waals surface area (Å²) in [6.45, 7) is 6.62. The van der Waals surface area contributed by atoms with Crippen molar-refractivity contribution in [3.63, 3.8) is 0 Å². The summed E-state index contributed by atoms with van der Waals surface area (Å²) in [5.41, 5.74) is 1.81. The van der Waals surface area contributed by atoms with Gasteiger partial charge in [-0.25, -0.2) is 0 Å². The van der Waals surface area contributed by atoms with E-state index in [4.69, 9.17) is 0 Å². The van der Waals surface area contributed by atoms with Crippen LogP contribution in [0.2, 0.25) is 0 Å². The maximum atomic E-state index is 11.9. The molecule has 1 aromatic carbocycles. The van der Waals surface area contributed by atoms with Crippen LogP contribution in [0.15, 0.2) is 54.1 Å². The van der Waals surface area contributed by atoms with Crippen molar-refractivity contribution in [2.75, 3.05) is 0 Å². The summed E-state index contributed by atoms with van der Waals surface area (Å²) in [5.74, 6) is 0.417. The molecule has 1 rings (SSSR count). The lowest BCUT2D eigenvalue weighted by atomic mass is 10.1. The van der Waals surface area contributed by atoms with Crippen LogP contribution in [0, 0.1) is 5.92 Å². The topological polar surface area (TPSA) is 29.1 Å². The van der Waals surface area contributed by atoms with Crippen LogP contribution in [-0.2, 0) is 11.3 Å². The monoisotopic (exact) mass is 243 g/mol. The molecule has 1 aromatic rings. The Morgan fingerprint density at radius 2 is 1.94 bits per heavy atom. The highest BCUT2D eigenvalue weighted by molar-refractivity contribution is 5.95. The predicted octanol–water partition coefficient (Wildman–Crippen LogP) is 3.46. The number of allylic oxidation sites excluding steroid dienone is 2. The van der Waals surface area contributed by atoms with Gasteiger partial charge in [0.1, 0.15) is 0 Å². The molecule has 0 aromatic heterocycles. The standard InChI is InChI=1S/C16H21NO/c1-4-15(11-10-13(2)3)16(18)17-12-14-8-6-5-7-9-14/h4-11,13H,12H2,1-3H3,(H,17,18)/b11-10-,15-4+. The lowest BCUT2D eigenvalue weighted by molar-refractivity contribution is -0.117. The fraction of sp³-hybridized carbons (Fsp3) is 0.312. The largest absolute Gasteiger partial charge is 0.348 e. The molecule has 0 unspecified atom stereocenters. The fourth-order valence-corrected chi connectivity index (χ4v) is 1.48. The molecule has 1 N–H and O–H groups in total. The molecule has 18 heavy (non-hydrogen) atoms. The minimum absolute atomic E-state index is 0.0294. The van der Waals surface area contributed by atoms with E-state index in [9.17, 15) is 4.79 Å². The summed E-state index contributed by atoms with van der Waals surface area (Å²) in [6.07, 6.45) is 5.74. The summed E-state index contributed by atoms with van der Waals surface area (Å²) in [7, 11) is 0. The van der Waals surface area contributed by atoms with Gasteiger partial charge >= 0.3 is 0 Å². The fourth-order valence-electron chi connectivity index (χ4n) is 1.48. The van der Waals surface area contributed by atoms with Crippen LogP contribution in [0.5, 0.6) is 0 Å². The molecule has 0 bridgehead atoms. The molecule has 0 radical (unpaired) electrons. The van der Waals surface area contributed by atoms with E-state index in [2.05, 4.69) is 19.2 Å². The highest BCUT2D eigenvalue weighted by atomic mass is 16.1. The minimum Gasteiger partial charge on any atom is -0.348 e. The molecule has 0 saturated heterocycles. The maximum absolute atomic E-state index is 11.9. The first-order valence-corrected chi connectivity index (χ1v) is 6.30. The quantitative estimate of drug-likeness (QED) is 0.622. The van der Waals surface area contributed by atoms with Crippen molar-refractivity contribution >= 4 is 5.91 Å². The van der Waals surface area contributed by atoms with Crippen molar-refractivity contribution in [2.45, 2.75) is 27.3 Å². The van der Waals surface area contributed by atoms with Crippen molar-refractivity contribution in [1.29, 1.82) is 0 Å². The van der Waals surface area contributed by atoms with E-state index < -0.39 is 0 Å². The first kappa shape index (κ1) is 14.2. The van der Waals surface area contributed by atoms with Gasteiger partial charge in [0.15, 0.2) is 0 Å². The summed E-state index contributed by atoms with van der Waals surface area (Å²) in [6, 6.07) is 9.90. The maximum Gasteiger partial charge on any atom is 0.251 e. The Labute approximate surface area is 109 Å². The number of hydrogen-bond acceptors (Lipinski definition) is 1. The van der Waals surface area contributed by atoms with Crippen molar-refractivity contribution in [2.24, 2.45) is 5.92 Å². The van der Waals surface area contributed by atoms with Crippen LogP contribution in [0.25, 0.3) is 0 Å².